The number of hydrogen-bond donors (Lipinski definition) is 1. The highest BCUT2D eigenvalue weighted by Gasteiger charge is 2.01. The Morgan fingerprint density at radius 1 is 0.750 bits per heavy atom. The molecule has 2 aromatic heterocycles. The Balaban J connectivity index is 0.000000291. The Morgan fingerprint density at radius 2 is 1.25 bits per heavy atom. The van der Waals surface area contributed by atoms with Crippen LogP contribution in [0.5, 0.6) is 17.4 Å². The molecular formula is C27H29ClI2N2O4. The third-order valence-electron chi connectivity index (χ3n) is 4.31. The quantitative estimate of drug-likeness (QED) is 0.164. The Hall–Kier alpha value is -2.15. The monoisotopic (exact) mass is 734 g/mol. The Labute approximate surface area is 245 Å². The van der Waals surface area contributed by atoms with Crippen molar-refractivity contribution in [2.45, 2.75) is 20.6 Å². The number of aromatic nitrogens is 2. The highest BCUT2D eigenvalue weighted by atomic mass is 127. The van der Waals surface area contributed by atoms with Crippen LogP contribution in [0.15, 0.2) is 85.2 Å². The van der Waals surface area contributed by atoms with Crippen LogP contribution in [-0.2, 0) is 13.2 Å². The Kier molecular flexibility index (Phi) is 16.1. The van der Waals surface area contributed by atoms with Crippen LogP contribution < -0.4 is 14.2 Å². The number of rotatable bonds is 6. The largest absolute Gasteiger partial charge is 0.497 e. The second-order valence-corrected chi connectivity index (χ2v) is 9.39. The second kappa shape index (κ2) is 18.1. The van der Waals surface area contributed by atoms with Crippen LogP contribution in [0.2, 0.25) is 5.15 Å². The van der Waals surface area contributed by atoms with E-state index in [2.05, 4.69) is 55.1 Å². The van der Waals surface area contributed by atoms with Crippen molar-refractivity contribution < 1.29 is 19.3 Å². The fourth-order valence-electron chi connectivity index (χ4n) is 2.45. The van der Waals surface area contributed by atoms with Gasteiger partial charge in [-0.15, -0.1) is 0 Å². The van der Waals surface area contributed by atoms with Gasteiger partial charge in [-0.2, -0.15) is 0 Å². The summed E-state index contributed by atoms with van der Waals surface area (Å²) in [7, 11) is 3.27. The molecule has 0 saturated heterocycles. The van der Waals surface area contributed by atoms with Gasteiger partial charge in [-0.1, -0.05) is 43.3 Å². The Bertz CT molecular complexity index is 1100. The lowest BCUT2D eigenvalue weighted by Gasteiger charge is -2.07. The SMILES string of the molecule is C.COc1ccc(CO)cc1.COc1ccc(COc2ncccc2I)cc1.Clc1ncccc1I. The zero-order valence-electron chi connectivity index (χ0n) is 19.2. The molecule has 0 atom stereocenters. The molecule has 0 radical (unpaired) electrons. The van der Waals surface area contributed by atoms with E-state index in [9.17, 15) is 0 Å². The molecule has 36 heavy (non-hydrogen) atoms. The van der Waals surface area contributed by atoms with E-state index in [1.165, 1.54) is 0 Å². The fraction of sp³-hybridized carbons (Fsp3) is 0.185. The summed E-state index contributed by atoms with van der Waals surface area (Å²) in [5, 5.41) is 9.24. The van der Waals surface area contributed by atoms with Gasteiger partial charge >= 0.3 is 0 Å². The van der Waals surface area contributed by atoms with Crippen LogP contribution in [0, 0.1) is 7.14 Å². The van der Waals surface area contributed by atoms with Gasteiger partial charge in [-0.05, 0) is 105 Å². The van der Waals surface area contributed by atoms with Gasteiger partial charge < -0.3 is 19.3 Å². The van der Waals surface area contributed by atoms with Crippen molar-refractivity contribution in [3.63, 3.8) is 0 Å². The molecule has 0 amide bonds. The van der Waals surface area contributed by atoms with Crippen molar-refractivity contribution in [2.75, 3.05) is 14.2 Å². The van der Waals surface area contributed by atoms with Gasteiger partial charge in [0.25, 0.3) is 0 Å². The van der Waals surface area contributed by atoms with Gasteiger partial charge in [0, 0.05) is 12.4 Å². The van der Waals surface area contributed by atoms with E-state index in [4.69, 9.17) is 30.9 Å². The van der Waals surface area contributed by atoms with Crippen molar-refractivity contribution >= 4 is 56.8 Å². The number of pyridine rings is 2. The predicted octanol–water partition coefficient (Wildman–Crippen LogP) is 7.44. The first-order valence-corrected chi connectivity index (χ1v) is 12.9. The summed E-state index contributed by atoms with van der Waals surface area (Å²) >= 11 is 9.93. The third-order valence-corrected chi connectivity index (χ3v) is 6.63. The zero-order valence-corrected chi connectivity index (χ0v) is 24.3. The first kappa shape index (κ1) is 31.9. The molecule has 0 bridgehead atoms. The van der Waals surface area contributed by atoms with Crippen molar-refractivity contribution in [2.24, 2.45) is 0 Å². The van der Waals surface area contributed by atoms with Crippen LogP contribution in [0.1, 0.15) is 18.6 Å². The first-order chi connectivity index (χ1) is 17.0. The predicted molar refractivity (Wildman–Crippen MR) is 162 cm³/mol. The average molecular weight is 735 g/mol. The molecule has 0 aliphatic heterocycles. The molecule has 4 aromatic rings. The lowest BCUT2D eigenvalue weighted by Crippen LogP contribution is -1.98. The number of benzene rings is 2. The summed E-state index contributed by atoms with van der Waals surface area (Å²) in [6.07, 6.45) is 3.40. The maximum absolute atomic E-state index is 8.66. The minimum Gasteiger partial charge on any atom is -0.497 e. The van der Waals surface area contributed by atoms with E-state index >= 15 is 0 Å². The molecule has 2 aromatic carbocycles. The maximum atomic E-state index is 8.66. The lowest BCUT2D eigenvalue weighted by molar-refractivity contribution is 0.281. The molecule has 6 nitrogen and oxygen atoms in total. The molecule has 4 rings (SSSR count). The molecule has 0 saturated carbocycles. The highest BCUT2D eigenvalue weighted by Crippen LogP contribution is 2.19. The molecule has 9 heteroatoms. The van der Waals surface area contributed by atoms with Gasteiger partial charge in [0.1, 0.15) is 23.3 Å². The topological polar surface area (TPSA) is 73.7 Å². The summed E-state index contributed by atoms with van der Waals surface area (Å²) in [5.41, 5.74) is 1.99. The van der Waals surface area contributed by atoms with Gasteiger partial charge in [-0.3, -0.25) is 0 Å². The Morgan fingerprint density at radius 3 is 1.67 bits per heavy atom. The summed E-state index contributed by atoms with van der Waals surface area (Å²) < 4.78 is 17.7. The highest BCUT2D eigenvalue weighted by molar-refractivity contribution is 14.1. The molecule has 0 unspecified atom stereocenters. The summed E-state index contributed by atoms with van der Waals surface area (Å²) in [4.78, 5) is 8.01. The van der Waals surface area contributed by atoms with Crippen LogP contribution in [-0.4, -0.2) is 29.3 Å². The number of methoxy groups -OCH3 is 2. The smallest absolute Gasteiger partial charge is 0.227 e. The number of hydrogen-bond acceptors (Lipinski definition) is 6. The molecule has 0 fully saturated rings. The zero-order chi connectivity index (χ0) is 25.5. The molecular weight excluding hydrogens is 706 g/mol. The van der Waals surface area contributed by atoms with Gasteiger partial charge in [-0.25, -0.2) is 9.97 Å². The van der Waals surface area contributed by atoms with Gasteiger partial charge in [0.15, 0.2) is 0 Å². The van der Waals surface area contributed by atoms with Crippen molar-refractivity contribution in [3.8, 4) is 17.4 Å². The number of ether oxygens (including phenoxy) is 3. The third kappa shape index (κ3) is 11.7. The second-order valence-electron chi connectivity index (χ2n) is 6.71. The summed E-state index contributed by atoms with van der Waals surface area (Å²) in [5.74, 6) is 2.34. The normalized spacial score (nSPS) is 9.39. The van der Waals surface area contributed by atoms with Gasteiger partial charge in [0.05, 0.1) is 28.0 Å². The van der Waals surface area contributed by atoms with Crippen molar-refractivity contribution in [1.82, 2.24) is 9.97 Å². The molecule has 0 spiro atoms. The maximum Gasteiger partial charge on any atom is 0.227 e. The van der Waals surface area contributed by atoms with E-state index in [1.54, 1.807) is 26.6 Å². The summed E-state index contributed by atoms with van der Waals surface area (Å²) in [6, 6.07) is 22.7. The first-order valence-electron chi connectivity index (χ1n) is 10.3. The van der Waals surface area contributed by atoms with Crippen LogP contribution in [0.25, 0.3) is 0 Å². The molecule has 192 valence electrons. The van der Waals surface area contributed by atoms with Crippen LogP contribution >= 0.6 is 56.8 Å². The van der Waals surface area contributed by atoms with Gasteiger partial charge in [0.2, 0.25) is 5.88 Å². The lowest BCUT2D eigenvalue weighted by atomic mass is 10.2. The molecule has 1 N–H and O–H groups in total. The van der Waals surface area contributed by atoms with Crippen molar-refractivity contribution in [1.29, 1.82) is 0 Å². The van der Waals surface area contributed by atoms with E-state index in [1.807, 2.05) is 72.8 Å². The standard InChI is InChI=1S/C13H12INO2.C8H10O2.C5H3ClIN.CH4/c1-16-11-6-4-10(5-7-11)9-17-13-12(14)3-2-8-15-13;1-10-8-4-2-7(6-9)3-5-8;6-5-4(7)2-1-3-8-5;/h2-8H,9H2,1H3;2-5,9H,6H2,1H3;1-3H;1H4. The van der Waals surface area contributed by atoms with Crippen LogP contribution in [0.3, 0.4) is 0 Å². The number of nitrogens with zero attached hydrogens (tertiary/aromatic N) is 2. The van der Waals surface area contributed by atoms with E-state index < -0.39 is 0 Å². The number of aliphatic hydroxyl groups excluding tert-OH is 1. The molecule has 0 aliphatic rings. The number of halogens is 3. The van der Waals surface area contributed by atoms with Crippen LogP contribution in [0.4, 0.5) is 0 Å². The molecule has 2 heterocycles. The van der Waals surface area contributed by atoms with E-state index in [0.717, 1.165) is 29.8 Å². The number of aliphatic hydroxyl groups is 1. The summed E-state index contributed by atoms with van der Waals surface area (Å²) in [6.45, 7) is 0.598. The van der Waals surface area contributed by atoms with E-state index in [-0.39, 0.29) is 14.0 Å². The van der Waals surface area contributed by atoms with E-state index in [0.29, 0.717) is 17.6 Å². The molecule has 0 aliphatic carbocycles. The fourth-order valence-corrected chi connectivity index (χ4v) is 3.42. The van der Waals surface area contributed by atoms with Crippen molar-refractivity contribution in [3.05, 3.63) is 109 Å². The average Bonchev–Trinajstić information content (AvgIpc) is 2.91. The minimum atomic E-state index is 0. The minimum absolute atomic E-state index is 0.